The number of fused-ring (bicyclic) bond motifs is 1. The number of urea groups is 2. The summed E-state index contributed by atoms with van der Waals surface area (Å²) in [5, 5.41) is 17.0. The van der Waals surface area contributed by atoms with E-state index in [4.69, 9.17) is 14.5 Å². The van der Waals surface area contributed by atoms with E-state index in [1.807, 2.05) is 32.9 Å². The lowest BCUT2D eigenvalue weighted by atomic mass is 9.86. The number of aromatic nitrogens is 1. The van der Waals surface area contributed by atoms with Gasteiger partial charge in [0.2, 0.25) is 0 Å². The van der Waals surface area contributed by atoms with Gasteiger partial charge in [-0.05, 0) is 89.0 Å². The smallest absolute Gasteiger partial charge is 0.410 e. The molecule has 3 N–H and O–H groups in total. The number of nitrogens with zero attached hydrogens (tertiary/aromatic N) is 3. The van der Waals surface area contributed by atoms with E-state index in [2.05, 4.69) is 10.6 Å². The molecule has 1 aromatic heterocycles. The molecule has 0 radical (unpaired) electrons. The SMILES string of the molecule is CC(C)(C)OC(=O)N1CCCC(c2cc(-c3c(O)cccc3OCC3CC3)nc3c2CN(C(=O)NC2CCCCC2)C(=O)N3)C1. The number of phenolic OH excluding ortho intramolecular Hbond substituents is 1. The normalized spacial score (nSPS) is 20.7. The number of pyridine rings is 1. The van der Waals surface area contributed by atoms with Crippen molar-refractivity contribution in [2.75, 3.05) is 25.0 Å². The highest BCUT2D eigenvalue weighted by atomic mass is 16.6. The van der Waals surface area contributed by atoms with Gasteiger partial charge < -0.3 is 24.8 Å². The zero-order valence-electron chi connectivity index (χ0n) is 26.6. The lowest BCUT2D eigenvalue weighted by Crippen LogP contribution is -2.51. The van der Waals surface area contributed by atoms with Crippen molar-refractivity contribution in [3.63, 3.8) is 0 Å². The minimum Gasteiger partial charge on any atom is -0.507 e. The number of phenols is 1. The van der Waals surface area contributed by atoms with E-state index >= 15 is 0 Å². The Balaban J connectivity index is 1.36. The zero-order valence-corrected chi connectivity index (χ0v) is 26.6. The number of piperidine rings is 1. The molecule has 1 aromatic carbocycles. The molecule has 11 heteroatoms. The number of ether oxygens (including phenoxy) is 2. The van der Waals surface area contributed by atoms with Gasteiger partial charge in [-0.25, -0.2) is 24.3 Å². The third-order valence-electron chi connectivity index (χ3n) is 9.07. The maximum Gasteiger partial charge on any atom is 0.410 e. The molecule has 5 amide bonds. The Hall–Kier alpha value is -4.02. The minimum absolute atomic E-state index is 0.0244. The summed E-state index contributed by atoms with van der Waals surface area (Å²) in [5.41, 5.74) is 1.89. The van der Waals surface area contributed by atoms with Crippen LogP contribution >= 0.6 is 0 Å². The van der Waals surface area contributed by atoms with Crippen molar-refractivity contribution in [2.24, 2.45) is 5.92 Å². The Morgan fingerprint density at radius 3 is 2.60 bits per heavy atom. The average Bonchev–Trinajstić information content (AvgIpc) is 3.83. The van der Waals surface area contributed by atoms with Crippen LogP contribution in [0, 0.1) is 5.92 Å². The van der Waals surface area contributed by atoms with Gasteiger partial charge in [0.05, 0.1) is 24.4 Å². The summed E-state index contributed by atoms with van der Waals surface area (Å²) in [5.74, 6) is 1.30. The van der Waals surface area contributed by atoms with Crippen molar-refractivity contribution < 1.29 is 29.0 Å². The minimum atomic E-state index is -0.620. The lowest BCUT2D eigenvalue weighted by Gasteiger charge is -2.37. The third kappa shape index (κ3) is 7.28. The molecule has 4 aliphatic rings. The summed E-state index contributed by atoms with van der Waals surface area (Å²) in [6, 6.07) is 6.17. The molecule has 3 heterocycles. The highest BCUT2D eigenvalue weighted by Gasteiger charge is 2.36. The second-order valence-corrected chi connectivity index (χ2v) is 13.9. The Morgan fingerprint density at radius 1 is 1.09 bits per heavy atom. The van der Waals surface area contributed by atoms with Gasteiger partial charge in [0, 0.05) is 30.6 Å². The van der Waals surface area contributed by atoms with Crippen LogP contribution in [-0.2, 0) is 11.3 Å². The first kappa shape index (κ1) is 31.0. The summed E-state index contributed by atoms with van der Waals surface area (Å²) in [6.45, 7) is 7.16. The van der Waals surface area contributed by atoms with Gasteiger partial charge in [-0.15, -0.1) is 0 Å². The predicted molar refractivity (Wildman–Crippen MR) is 169 cm³/mol. The van der Waals surface area contributed by atoms with Crippen molar-refractivity contribution >= 4 is 24.0 Å². The monoisotopic (exact) mass is 619 g/mol. The van der Waals surface area contributed by atoms with Gasteiger partial charge in [0.1, 0.15) is 22.9 Å². The molecule has 0 bridgehead atoms. The summed E-state index contributed by atoms with van der Waals surface area (Å²) < 4.78 is 11.8. The Morgan fingerprint density at radius 2 is 1.87 bits per heavy atom. The van der Waals surface area contributed by atoms with Gasteiger partial charge >= 0.3 is 18.2 Å². The van der Waals surface area contributed by atoms with Crippen LogP contribution in [0.1, 0.15) is 95.6 Å². The van der Waals surface area contributed by atoms with Gasteiger partial charge in [0.25, 0.3) is 0 Å². The molecular formula is C34H45N5O6. The molecule has 2 aromatic rings. The summed E-state index contributed by atoms with van der Waals surface area (Å²) >= 11 is 0. The Kier molecular flexibility index (Phi) is 8.79. The number of rotatable bonds is 6. The van der Waals surface area contributed by atoms with Gasteiger partial charge in [0.15, 0.2) is 0 Å². The fourth-order valence-corrected chi connectivity index (χ4v) is 6.53. The van der Waals surface area contributed by atoms with Crippen LogP contribution in [-0.4, -0.2) is 69.4 Å². The topological polar surface area (TPSA) is 133 Å². The van der Waals surface area contributed by atoms with Crippen molar-refractivity contribution in [3.8, 4) is 22.8 Å². The van der Waals surface area contributed by atoms with Crippen molar-refractivity contribution in [1.82, 2.24) is 20.1 Å². The molecular weight excluding hydrogens is 574 g/mol. The van der Waals surface area contributed by atoms with Gasteiger partial charge in [-0.1, -0.05) is 25.3 Å². The van der Waals surface area contributed by atoms with Gasteiger partial charge in [-0.3, -0.25) is 5.32 Å². The Labute approximate surface area is 264 Å². The second kappa shape index (κ2) is 12.8. The van der Waals surface area contributed by atoms with Crippen LogP contribution in [0.15, 0.2) is 24.3 Å². The molecule has 1 atom stereocenters. The van der Waals surface area contributed by atoms with Crippen molar-refractivity contribution in [1.29, 1.82) is 0 Å². The molecule has 1 saturated heterocycles. The van der Waals surface area contributed by atoms with Crippen LogP contribution < -0.4 is 15.4 Å². The fraction of sp³-hybridized carbons (Fsp3) is 0.588. The highest BCUT2D eigenvalue weighted by Crippen LogP contribution is 2.43. The number of likely N-dealkylation sites (tertiary alicyclic amines) is 1. The number of aromatic hydroxyl groups is 1. The van der Waals surface area contributed by atoms with Crippen LogP contribution in [0.2, 0.25) is 0 Å². The summed E-state index contributed by atoms with van der Waals surface area (Å²) in [4.78, 5) is 47.6. The molecule has 2 saturated carbocycles. The summed E-state index contributed by atoms with van der Waals surface area (Å²) in [7, 11) is 0. The molecule has 6 rings (SSSR count). The molecule has 2 aliphatic heterocycles. The van der Waals surface area contributed by atoms with Crippen LogP contribution in [0.5, 0.6) is 11.5 Å². The van der Waals surface area contributed by atoms with Crippen LogP contribution in [0.4, 0.5) is 20.2 Å². The predicted octanol–water partition coefficient (Wildman–Crippen LogP) is 6.75. The first-order valence-electron chi connectivity index (χ1n) is 16.4. The number of amides is 5. The number of imide groups is 1. The number of benzene rings is 1. The second-order valence-electron chi connectivity index (χ2n) is 13.9. The standard InChI is InChI=1S/C34H45N5O6/c1-34(2,3)45-33(43)38-16-8-9-22(18-38)24-17-26(29-27(40)12-7-13-28(29)44-20-21-14-15-21)36-30-25(24)19-39(32(42)37-30)31(41)35-23-10-5-4-6-11-23/h7,12-13,17,21-23,40H,4-6,8-11,14-16,18-20H2,1-3H3,(H,35,41)(H,36,37,42). The Bertz CT molecular complexity index is 1450. The van der Waals surface area contributed by atoms with E-state index in [1.165, 1.54) is 4.90 Å². The molecule has 3 fully saturated rings. The molecule has 1 unspecified atom stereocenters. The molecule has 0 spiro atoms. The number of carbonyl (C=O) groups excluding carboxylic acids is 3. The van der Waals surface area contributed by atoms with Crippen molar-refractivity contribution in [3.05, 3.63) is 35.4 Å². The number of carbonyl (C=O) groups is 3. The highest BCUT2D eigenvalue weighted by molar-refractivity contribution is 6.02. The first-order chi connectivity index (χ1) is 21.6. The fourth-order valence-electron chi connectivity index (χ4n) is 6.53. The van der Waals surface area contributed by atoms with Crippen molar-refractivity contribution in [2.45, 2.75) is 103 Å². The van der Waals surface area contributed by atoms with E-state index in [0.717, 1.165) is 68.9 Å². The van der Waals surface area contributed by atoms with E-state index in [1.54, 1.807) is 17.0 Å². The van der Waals surface area contributed by atoms with Crippen LogP contribution in [0.25, 0.3) is 11.3 Å². The maximum absolute atomic E-state index is 13.4. The maximum atomic E-state index is 13.4. The average molecular weight is 620 g/mol. The van der Waals surface area contributed by atoms with E-state index < -0.39 is 17.7 Å². The zero-order chi connectivity index (χ0) is 31.7. The van der Waals surface area contributed by atoms with E-state index in [0.29, 0.717) is 48.4 Å². The molecule has 11 nitrogen and oxygen atoms in total. The number of nitrogens with one attached hydrogen (secondary N) is 2. The number of hydrogen-bond acceptors (Lipinski definition) is 7. The first-order valence-corrected chi connectivity index (χ1v) is 16.4. The summed E-state index contributed by atoms with van der Waals surface area (Å²) in [6.07, 6.45) is 8.54. The lowest BCUT2D eigenvalue weighted by molar-refractivity contribution is 0.0198. The number of hydrogen-bond donors (Lipinski definition) is 3. The number of anilines is 1. The van der Waals surface area contributed by atoms with Crippen LogP contribution in [0.3, 0.4) is 0 Å². The largest absolute Gasteiger partial charge is 0.507 e. The van der Waals surface area contributed by atoms with Gasteiger partial charge in [-0.2, -0.15) is 0 Å². The third-order valence-corrected chi connectivity index (χ3v) is 9.07. The molecule has 45 heavy (non-hydrogen) atoms. The molecule has 2 aliphatic carbocycles. The van der Waals surface area contributed by atoms with E-state index in [-0.39, 0.29) is 30.3 Å². The van der Waals surface area contributed by atoms with E-state index in [9.17, 15) is 19.5 Å². The molecule has 242 valence electrons. The quantitative estimate of drug-likeness (QED) is 0.326.